The Kier molecular flexibility index (Phi) is 7.56. The minimum absolute atomic E-state index is 0.133. The molecule has 4 aromatic rings. The van der Waals surface area contributed by atoms with E-state index in [9.17, 15) is 5.11 Å². The quantitative estimate of drug-likeness (QED) is 0.343. The van der Waals surface area contributed by atoms with Gasteiger partial charge in [-0.2, -0.15) is 5.10 Å². The number of aliphatic hydroxyl groups is 1. The van der Waals surface area contributed by atoms with Crippen LogP contribution in [0.3, 0.4) is 0 Å². The monoisotopic (exact) mass is 489 g/mol. The van der Waals surface area contributed by atoms with E-state index in [0.29, 0.717) is 24.5 Å². The van der Waals surface area contributed by atoms with Crippen molar-refractivity contribution in [3.63, 3.8) is 0 Å². The minimum Gasteiger partial charge on any atom is -0.497 e. The van der Waals surface area contributed by atoms with Gasteiger partial charge < -0.3 is 19.9 Å². The molecule has 0 amide bonds. The van der Waals surface area contributed by atoms with Gasteiger partial charge >= 0.3 is 0 Å². The zero-order valence-corrected chi connectivity index (χ0v) is 21.8. The predicted octanol–water partition coefficient (Wildman–Crippen LogP) is 4.32. The highest BCUT2D eigenvalue weighted by molar-refractivity contribution is 5.78. The Morgan fingerprint density at radius 3 is 2.33 bits per heavy atom. The number of fused-ring (bicyclic) bond motifs is 1. The summed E-state index contributed by atoms with van der Waals surface area (Å²) in [5.41, 5.74) is 4.33. The fraction of sp³-hybridized carbons (Fsp3) is 0.393. The van der Waals surface area contributed by atoms with Gasteiger partial charge in [-0.3, -0.25) is 9.67 Å². The Labute approximate surface area is 212 Å². The van der Waals surface area contributed by atoms with Crippen molar-refractivity contribution in [3.05, 3.63) is 66.1 Å². The third-order valence-corrected chi connectivity index (χ3v) is 6.28. The SMILES string of the molecule is COc1cc(OC)cc(C(CC(C)(O)CNC(C)C)c2ccc3ncc(-c4cnn(C)c4)nc3c2)c1. The molecule has 2 aromatic heterocycles. The van der Waals surface area contributed by atoms with E-state index in [0.717, 1.165) is 33.4 Å². The number of hydrogen-bond acceptors (Lipinski definition) is 7. The van der Waals surface area contributed by atoms with Gasteiger partial charge in [-0.15, -0.1) is 0 Å². The molecule has 0 aliphatic heterocycles. The second-order valence-electron chi connectivity index (χ2n) is 9.84. The summed E-state index contributed by atoms with van der Waals surface area (Å²) < 4.78 is 12.8. The molecular weight excluding hydrogens is 454 g/mol. The van der Waals surface area contributed by atoms with Crippen LogP contribution in [0.25, 0.3) is 22.3 Å². The molecule has 8 heteroatoms. The molecule has 36 heavy (non-hydrogen) atoms. The fourth-order valence-electron chi connectivity index (χ4n) is 4.33. The van der Waals surface area contributed by atoms with Crippen molar-refractivity contribution in [3.8, 4) is 22.8 Å². The summed E-state index contributed by atoms with van der Waals surface area (Å²) >= 11 is 0. The molecule has 2 aromatic carbocycles. The maximum Gasteiger partial charge on any atom is 0.122 e. The highest BCUT2D eigenvalue weighted by Crippen LogP contribution is 2.37. The first-order valence-electron chi connectivity index (χ1n) is 12.1. The molecule has 2 unspecified atom stereocenters. The lowest BCUT2D eigenvalue weighted by Gasteiger charge is -2.31. The van der Waals surface area contributed by atoms with Crippen LogP contribution in [0.15, 0.2) is 55.0 Å². The van der Waals surface area contributed by atoms with Gasteiger partial charge in [0.15, 0.2) is 0 Å². The van der Waals surface area contributed by atoms with Crippen molar-refractivity contribution < 1.29 is 14.6 Å². The van der Waals surface area contributed by atoms with Crippen LogP contribution in [0, 0.1) is 0 Å². The zero-order valence-electron chi connectivity index (χ0n) is 21.8. The molecule has 0 fully saturated rings. The van der Waals surface area contributed by atoms with E-state index in [1.807, 2.05) is 44.4 Å². The molecule has 8 nitrogen and oxygen atoms in total. The Hall–Kier alpha value is -3.49. The van der Waals surface area contributed by atoms with Crippen LogP contribution in [-0.2, 0) is 7.05 Å². The Bertz CT molecular complexity index is 1310. The molecule has 2 atom stereocenters. The van der Waals surface area contributed by atoms with Gasteiger partial charge in [0, 0.05) is 43.4 Å². The van der Waals surface area contributed by atoms with Gasteiger partial charge in [-0.25, -0.2) is 4.98 Å². The van der Waals surface area contributed by atoms with Crippen molar-refractivity contribution in [2.45, 2.75) is 44.8 Å². The van der Waals surface area contributed by atoms with E-state index in [2.05, 4.69) is 41.4 Å². The predicted molar refractivity (Wildman–Crippen MR) is 142 cm³/mol. The lowest BCUT2D eigenvalue weighted by Crippen LogP contribution is -2.41. The fourth-order valence-corrected chi connectivity index (χ4v) is 4.33. The van der Waals surface area contributed by atoms with Crippen LogP contribution >= 0.6 is 0 Å². The molecule has 0 aliphatic carbocycles. The number of methoxy groups -OCH3 is 2. The highest BCUT2D eigenvalue weighted by atomic mass is 16.5. The number of nitrogens with zero attached hydrogens (tertiary/aromatic N) is 4. The number of aromatic nitrogens is 4. The summed E-state index contributed by atoms with van der Waals surface area (Å²) in [6.45, 7) is 6.49. The molecule has 4 rings (SSSR count). The number of rotatable bonds is 10. The van der Waals surface area contributed by atoms with E-state index in [1.165, 1.54) is 0 Å². The van der Waals surface area contributed by atoms with E-state index >= 15 is 0 Å². The van der Waals surface area contributed by atoms with Crippen molar-refractivity contribution in [2.24, 2.45) is 7.05 Å². The number of benzene rings is 2. The Balaban J connectivity index is 1.79. The van der Waals surface area contributed by atoms with E-state index in [1.54, 1.807) is 31.3 Å². The van der Waals surface area contributed by atoms with E-state index < -0.39 is 5.60 Å². The second-order valence-corrected chi connectivity index (χ2v) is 9.84. The van der Waals surface area contributed by atoms with Crippen LogP contribution in [0.2, 0.25) is 0 Å². The second kappa shape index (κ2) is 10.6. The topological polar surface area (TPSA) is 94.3 Å². The third-order valence-electron chi connectivity index (χ3n) is 6.28. The lowest BCUT2D eigenvalue weighted by atomic mass is 9.81. The normalized spacial score (nSPS) is 14.1. The van der Waals surface area contributed by atoms with Gasteiger partial charge in [0.1, 0.15) is 11.5 Å². The summed E-state index contributed by atoms with van der Waals surface area (Å²) in [5, 5.41) is 19.0. The first-order valence-corrected chi connectivity index (χ1v) is 12.1. The van der Waals surface area contributed by atoms with Crippen LogP contribution in [0.4, 0.5) is 0 Å². The van der Waals surface area contributed by atoms with Crippen LogP contribution in [0.1, 0.15) is 44.2 Å². The summed E-state index contributed by atoms with van der Waals surface area (Å²) in [6, 6.07) is 12.2. The first-order chi connectivity index (χ1) is 17.2. The largest absolute Gasteiger partial charge is 0.497 e. The molecule has 0 spiro atoms. The molecule has 0 bridgehead atoms. The third kappa shape index (κ3) is 6.01. The molecule has 2 N–H and O–H groups in total. The van der Waals surface area contributed by atoms with E-state index in [4.69, 9.17) is 14.5 Å². The number of aryl methyl sites for hydroxylation is 1. The molecule has 2 heterocycles. The summed E-state index contributed by atoms with van der Waals surface area (Å²) in [5.74, 6) is 1.27. The smallest absolute Gasteiger partial charge is 0.122 e. The van der Waals surface area contributed by atoms with Gasteiger partial charge in [0.05, 0.1) is 48.9 Å². The summed E-state index contributed by atoms with van der Waals surface area (Å²) in [4.78, 5) is 9.50. The van der Waals surface area contributed by atoms with Crippen molar-refractivity contribution in [2.75, 3.05) is 20.8 Å². The van der Waals surface area contributed by atoms with Crippen molar-refractivity contribution >= 4 is 11.0 Å². The van der Waals surface area contributed by atoms with Crippen LogP contribution in [-0.4, -0.2) is 57.3 Å². The van der Waals surface area contributed by atoms with Gasteiger partial charge in [-0.05, 0) is 48.7 Å². The molecule has 190 valence electrons. The standard InChI is InChI=1S/C28H35N5O3/c1-18(2)30-17-28(3,34)13-24(20-9-22(35-5)12-23(10-20)36-6)19-7-8-25-26(11-19)32-27(15-29-25)21-14-31-33(4)16-21/h7-12,14-16,18,24,30,34H,13,17H2,1-6H3. The van der Waals surface area contributed by atoms with Crippen molar-refractivity contribution in [1.82, 2.24) is 25.1 Å². The minimum atomic E-state index is -0.955. The maximum absolute atomic E-state index is 11.4. The highest BCUT2D eigenvalue weighted by Gasteiger charge is 2.29. The summed E-state index contributed by atoms with van der Waals surface area (Å²) in [6.07, 6.45) is 5.96. The van der Waals surface area contributed by atoms with Crippen LogP contribution in [0.5, 0.6) is 11.5 Å². The van der Waals surface area contributed by atoms with Crippen LogP contribution < -0.4 is 14.8 Å². The summed E-state index contributed by atoms with van der Waals surface area (Å²) in [7, 11) is 5.16. The average Bonchev–Trinajstić information content (AvgIpc) is 3.31. The maximum atomic E-state index is 11.4. The average molecular weight is 490 g/mol. The first kappa shape index (κ1) is 25.6. The Morgan fingerprint density at radius 2 is 1.72 bits per heavy atom. The lowest BCUT2D eigenvalue weighted by molar-refractivity contribution is 0.0448. The van der Waals surface area contributed by atoms with Gasteiger partial charge in [0.25, 0.3) is 0 Å². The molecular formula is C28H35N5O3. The molecule has 0 saturated carbocycles. The number of ether oxygens (including phenoxy) is 2. The molecule has 0 aliphatic rings. The molecule has 0 saturated heterocycles. The van der Waals surface area contributed by atoms with Crippen molar-refractivity contribution in [1.29, 1.82) is 0 Å². The molecule has 0 radical (unpaired) electrons. The number of hydrogen-bond donors (Lipinski definition) is 2. The van der Waals surface area contributed by atoms with Gasteiger partial charge in [-0.1, -0.05) is 19.9 Å². The van der Waals surface area contributed by atoms with Gasteiger partial charge in [0.2, 0.25) is 0 Å². The zero-order chi connectivity index (χ0) is 25.9. The van der Waals surface area contributed by atoms with E-state index in [-0.39, 0.29) is 12.0 Å². The Morgan fingerprint density at radius 1 is 1.00 bits per heavy atom. The number of nitrogens with one attached hydrogen (secondary N) is 1.